The molecule has 7 rings (SSSR count). The summed E-state index contributed by atoms with van der Waals surface area (Å²) < 4.78 is 7.67. The first-order valence-corrected chi connectivity index (χ1v) is 13.1. The molecule has 11 nitrogen and oxygen atoms in total. The summed E-state index contributed by atoms with van der Waals surface area (Å²) in [7, 11) is 1.92. The van der Waals surface area contributed by atoms with E-state index in [-0.39, 0.29) is 17.6 Å². The molecule has 4 aromatic heterocycles. The van der Waals surface area contributed by atoms with Crippen LogP contribution in [0.2, 0.25) is 0 Å². The molecule has 0 unspecified atom stereocenters. The molecular weight excluding hydrogens is 468 g/mol. The minimum atomic E-state index is 0.0845. The second kappa shape index (κ2) is 8.49. The summed E-state index contributed by atoms with van der Waals surface area (Å²) >= 11 is 0. The van der Waals surface area contributed by atoms with Crippen LogP contribution in [0.5, 0.6) is 0 Å². The second-order valence-electron chi connectivity index (χ2n) is 10.7. The van der Waals surface area contributed by atoms with Crippen LogP contribution in [0.3, 0.4) is 0 Å². The predicted molar refractivity (Wildman–Crippen MR) is 141 cm³/mol. The highest BCUT2D eigenvalue weighted by Crippen LogP contribution is 2.42. The summed E-state index contributed by atoms with van der Waals surface area (Å²) in [5.41, 5.74) is 12.2. The van der Waals surface area contributed by atoms with E-state index in [0.717, 1.165) is 91.7 Å². The van der Waals surface area contributed by atoms with Gasteiger partial charge in [0.05, 0.1) is 42.2 Å². The minimum absolute atomic E-state index is 0.0845. The molecule has 2 saturated heterocycles. The Kier molecular flexibility index (Phi) is 5.19. The van der Waals surface area contributed by atoms with Crippen molar-refractivity contribution in [2.75, 3.05) is 36.0 Å². The fourth-order valence-corrected chi connectivity index (χ4v) is 6.16. The molecule has 11 heteroatoms. The van der Waals surface area contributed by atoms with Crippen molar-refractivity contribution in [3.63, 3.8) is 0 Å². The third kappa shape index (κ3) is 3.67. The quantitative estimate of drug-likeness (QED) is 0.436. The van der Waals surface area contributed by atoms with Gasteiger partial charge in [0.2, 0.25) is 0 Å². The first-order chi connectivity index (χ1) is 18.0. The molecule has 1 spiro atoms. The molecule has 0 radical (unpaired) electrons. The lowest BCUT2D eigenvalue weighted by Gasteiger charge is -2.41. The number of aromatic amines is 1. The molecule has 3 aliphatic heterocycles. The summed E-state index contributed by atoms with van der Waals surface area (Å²) in [6.07, 6.45) is 9.78. The Balaban J connectivity index is 1.14. The van der Waals surface area contributed by atoms with E-state index in [1.54, 1.807) is 4.68 Å². The monoisotopic (exact) mass is 500 g/mol. The molecule has 2 fully saturated rings. The van der Waals surface area contributed by atoms with E-state index in [1.165, 1.54) is 0 Å². The van der Waals surface area contributed by atoms with E-state index in [9.17, 15) is 0 Å². The summed E-state index contributed by atoms with van der Waals surface area (Å²) in [5.74, 6) is 1.67. The smallest absolute Gasteiger partial charge is 0.183 e. The Morgan fingerprint density at radius 2 is 2.00 bits per heavy atom. The lowest BCUT2D eigenvalue weighted by molar-refractivity contribution is 0.0974. The number of ether oxygens (including phenoxy) is 1. The number of H-pyrrole nitrogens is 1. The zero-order chi connectivity index (χ0) is 25.1. The average molecular weight is 501 g/mol. The predicted octanol–water partition coefficient (Wildman–Crippen LogP) is 2.57. The molecule has 4 aromatic rings. The van der Waals surface area contributed by atoms with Crippen molar-refractivity contribution in [1.82, 2.24) is 34.9 Å². The van der Waals surface area contributed by atoms with Gasteiger partial charge in [-0.2, -0.15) is 10.2 Å². The number of pyridine rings is 1. The number of anilines is 3. The van der Waals surface area contributed by atoms with Gasteiger partial charge in [0.1, 0.15) is 5.82 Å². The highest BCUT2D eigenvalue weighted by Gasteiger charge is 2.47. The fraction of sp³-hybridized carbons (Fsp3) is 0.500. The molecule has 2 atom stereocenters. The van der Waals surface area contributed by atoms with Crippen molar-refractivity contribution in [2.45, 2.75) is 44.8 Å². The van der Waals surface area contributed by atoms with Crippen LogP contribution in [0.4, 0.5) is 17.3 Å². The zero-order valence-electron chi connectivity index (χ0n) is 21.3. The molecular formula is C26H32N10O. The molecule has 3 aliphatic rings. The lowest BCUT2D eigenvalue weighted by atomic mass is 9.73. The van der Waals surface area contributed by atoms with Crippen LogP contribution in [0.25, 0.3) is 22.4 Å². The Morgan fingerprint density at radius 1 is 1.14 bits per heavy atom. The molecule has 0 saturated carbocycles. The van der Waals surface area contributed by atoms with Crippen LogP contribution < -0.4 is 15.5 Å². The van der Waals surface area contributed by atoms with E-state index in [4.69, 9.17) is 25.4 Å². The molecule has 37 heavy (non-hydrogen) atoms. The van der Waals surface area contributed by atoms with Crippen LogP contribution in [0, 0.1) is 5.41 Å². The number of hydrogen-bond donors (Lipinski definition) is 2. The number of nitrogens with two attached hydrogens (primary N) is 1. The van der Waals surface area contributed by atoms with Crippen LogP contribution in [-0.4, -0.2) is 73.3 Å². The van der Waals surface area contributed by atoms with Crippen LogP contribution >= 0.6 is 0 Å². The summed E-state index contributed by atoms with van der Waals surface area (Å²) in [4.78, 5) is 19.2. The van der Waals surface area contributed by atoms with Crippen molar-refractivity contribution in [3.05, 3.63) is 36.4 Å². The number of nitrogens with zero attached hydrogens (tertiary/aromatic N) is 8. The average Bonchev–Trinajstić information content (AvgIpc) is 3.63. The Hall–Kier alpha value is -3.57. The van der Waals surface area contributed by atoms with Gasteiger partial charge in [0.15, 0.2) is 17.0 Å². The molecule has 0 aliphatic carbocycles. The highest BCUT2D eigenvalue weighted by molar-refractivity contribution is 5.87. The normalized spacial score (nSPS) is 23.2. The number of hydrogen-bond acceptors (Lipinski definition) is 9. The number of aryl methyl sites for hydroxylation is 2. The number of nitrogens with one attached hydrogen (secondary N) is 1. The van der Waals surface area contributed by atoms with E-state index in [0.29, 0.717) is 5.65 Å². The third-order valence-electron chi connectivity index (χ3n) is 8.46. The number of fused-ring (bicyclic) bond motifs is 2. The van der Waals surface area contributed by atoms with Crippen molar-refractivity contribution in [2.24, 2.45) is 18.2 Å². The topological polar surface area (TPSA) is 127 Å². The molecule has 0 aromatic carbocycles. The van der Waals surface area contributed by atoms with E-state index >= 15 is 0 Å². The van der Waals surface area contributed by atoms with Gasteiger partial charge >= 0.3 is 0 Å². The van der Waals surface area contributed by atoms with Gasteiger partial charge in [-0.1, -0.05) is 0 Å². The Labute approximate surface area is 215 Å². The third-order valence-corrected chi connectivity index (χ3v) is 8.46. The van der Waals surface area contributed by atoms with Crippen molar-refractivity contribution >= 4 is 28.5 Å². The Morgan fingerprint density at radius 3 is 2.76 bits per heavy atom. The van der Waals surface area contributed by atoms with Gasteiger partial charge in [-0.25, -0.2) is 9.97 Å². The van der Waals surface area contributed by atoms with Crippen molar-refractivity contribution in [1.29, 1.82) is 0 Å². The number of piperidine rings is 1. The lowest BCUT2D eigenvalue weighted by Crippen LogP contribution is -2.50. The van der Waals surface area contributed by atoms with E-state index in [2.05, 4.69) is 44.2 Å². The maximum absolute atomic E-state index is 6.50. The first kappa shape index (κ1) is 22.6. The van der Waals surface area contributed by atoms with Crippen molar-refractivity contribution in [3.8, 4) is 11.3 Å². The Bertz CT molecular complexity index is 1450. The molecule has 0 bridgehead atoms. The number of rotatable bonds is 3. The second-order valence-corrected chi connectivity index (χ2v) is 10.7. The largest absolute Gasteiger partial charge is 0.376 e. The standard InChI is InChI=1S/C26H32N10O/c1-16-23(27)26(15-37-16)7-10-35(11-8-26)21-13-28-22-24(31-21)32-33-25(22)36-9-3-4-19-20(36)6-5-18(30-19)17-12-29-34(2)14-17/h5-6,12-14,16,23H,3-4,7-11,15,27H2,1-2H3,(H,31,32,33)/t16-,23+/m0/s1. The molecule has 7 heterocycles. The fourth-order valence-electron chi connectivity index (χ4n) is 6.16. The first-order valence-electron chi connectivity index (χ1n) is 13.1. The van der Waals surface area contributed by atoms with Gasteiger partial charge in [-0.3, -0.25) is 14.8 Å². The maximum Gasteiger partial charge on any atom is 0.183 e. The van der Waals surface area contributed by atoms with E-state index in [1.807, 2.05) is 25.6 Å². The summed E-state index contributed by atoms with van der Waals surface area (Å²) in [6, 6.07) is 4.28. The molecule has 3 N–H and O–H groups in total. The molecule has 192 valence electrons. The minimum Gasteiger partial charge on any atom is -0.376 e. The molecule has 0 amide bonds. The van der Waals surface area contributed by atoms with Crippen LogP contribution in [-0.2, 0) is 18.2 Å². The number of aromatic nitrogens is 7. The maximum atomic E-state index is 6.50. The van der Waals surface area contributed by atoms with Gasteiger partial charge in [0, 0.05) is 49.9 Å². The van der Waals surface area contributed by atoms with Gasteiger partial charge in [0.25, 0.3) is 0 Å². The van der Waals surface area contributed by atoms with Crippen LogP contribution in [0.1, 0.15) is 31.9 Å². The summed E-state index contributed by atoms with van der Waals surface area (Å²) in [6.45, 7) is 5.50. The zero-order valence-corrected chi connectivity index (χ0v) is 21.3. The SMILES string of the molecule is C[C@@H]1OCC2(CCN(c3cnc4c(N5CCCc6nc(-c7cnn(C)c7)ccc65)n[nH]c4n3)CC2)[C@@H]1N. The van der Waals surface area contributed by atoms with Gasteiger partial charge in [-0.15, -0.1) is 0 Å². The highest BCUT2D eigenvalue weighted by atomic mass is 16.5. The van der Waals surface area contributed by atoms with Gasteiger partial charge in [-0.05, 0) is 44.7 Å². The van der Waals surface area contributed by atoms with Crippen LogP contribution in [0.15, 0.2) is 30.7 Å². The van der Waals surface area contributed by atoms with E-state index < -0.39 is 0 Å². The summed E-state index contributed by atoms with van der Waals surface area (Å²) in [5, 5.41) is 12.1. The van der Waals surface area contributed by atoms with Gasteiger partial charge < -0.3 is 20.3 Å². The van der Waals surface area contributed by atoms with Crippen molar-refractivity contribution < 1.29 is 4.74 Å².